The molecule has 3 nitrogen and oxygen atoms in total. The minimum atomic E-state index is 0.0996. The van der Waals surface area contributed by atoms with Crippen LogP contribution in [0.5, 0.6) is 11.5 Å². The molecule has 0 unspecified atom stereocenters. The van der Waals surface area contributed by atoms with E-state index in [0.29, 0.717) is 28.7 Å². The van der Waals surface area contributed by atoms with E-state index in [1.54, 1.807) is 18.2 Å². The average Bonchev–Trinajstić information content (AvgIpc) is 2.60. The lowest BCUT2D eigenvalue weighted by atomic mass is 10.0. The number of nitrogens with zero attached hydrogens (tertiary/aromatic N) is 1. The first-order chi connectivity index (χ1) is 11.7. The molecule has 0 atom stereocenters. The second-order valence-corrected chi connectivity index (χ2v) is 5.20. The summed E-state index contributed by atoms with van der Waals surface area (Å²) in [6.45, 7) is 2.42. The quantitative estimate of drug-likeness (QED) is 0.431. The molecular formula is C20H16ClNO2. The first-order valence-electron chi connectivity index (χ1n) is 7.39. The van der Waals surface area contributed by atoms with Gasteiger partial charge in [0.25, 0.3) is 0 Å². The summed E-state index contributed by atoms with van der Waals surface area (Å²) >= 11 is 6.29. The van der Waals surface area contributed by atoms with Gasteiger partial charge in [-0.1, -0.05) is 47.9 Å². The van der Waals surface area contributed by atoms with Crippen molar-refractivity contribution in [1.82, 2.24) is 0 Å². The zero-order chi connectivity index (χ0) is 17.4. The molecule has 0 fully saturated rings. The zero-order valence-corrected chi connectivity index (χ0v) is 14.0. The maximum atomic E-state index is 9.42. The maximum absolute atomic E-state index is 9.42. The number of allylic oxidation sites excluding steroid dienone is 1. The molecule has 4 heteroatoms. The van der Waals surface area contributed by atoms with Crippen molar-refractivity contribution >= 4 is 23.3 Å². The van der Waals surface area contributed by atoms with Gasteiger partial charge < -0.3 is 9.47 Å². The van der Waals surface area contributed by atoms with Crippen LogP contribution in [0.2, 0.25) is 5.02 Å². The van der Waals surface area contributed by atoms with Gasteiger partial charge in [0.1, 0.15) is 6.61 Å². The summed E-state index contributed by atoms with van der Waals surface area (Å²) in [5, 5.41) is 9.81. The van der Waals surface area contributed by atoms with Crippen molar-refractivity contribution in [1.29, 1.82) is 5.26 Å². The summed E-state index contributed by atoms with van der Waals surface area (Å²) in [7, 11) is 0. The first kappa shape index (κ1) is 17.5. The number of benzene rings is 2. The minimum absolute atomic E-state index is 0.0996. The van der Waals surface area contributed by atoms with Gasteiger partial charge in [0, 0.05) is 0 Å². The third-order valence-corrected chi connectivity index (χ3v) is 3.43. The molecule has 0 amide bonds. The van der Waals surface area contributed by atoms with E-state index in [1.165, 1.54) is 0 Å². The molecule has 0 aromatic heterocycles. The van der Waals surface area contributed by atoms with E-state index >= 15 is 0 Å². The minimum Gasteiger partial charge on any atom is -0.490 e. The van der Waals surface area contributed by atoms with Crippen LogP contribution in [-0.4, -0.2) is 13.2 Å². The number of rotatable bonds is 6. The van der Waals surface area contributed by atoms with Gasteiger partial charge in [-0.25, -0.2) is 0 Å². The molecule has 2 aromatic carbocycles. The Morgan fingerprint density at radius 2 is 2.00 bits per heavy atom. The Kier molecular flexibility index (Phi) is 6.32. The standard InChI is InChI=1S/C20H16ClNO2/c1-3-10-24-20-18(21)12-15(13-19(20)23-4-2)11-17(14-22)16-8-6-5-7-9-16/h1,5-9,11-13H,4,10H2,2H3/b17-11+. The number of halogens is 1. The predicted molar refractivity (Wildman–Crippen MR) is 96.9 cm³/mol. The maximum Gasteiger partial charge on any atom is 0.181 e. The van der Waals surface area contributed by atoms with E-state index in [1.807, 2.05) is 37.3 Å². The molecule has 0 N–H and O–H groups in total. The van der Waals surface area contributed by atoms with Gasteiger partial charge in [0.2, 0.25) is 0 Å². The summed E-state index contributed by atoms with van der Waals surface area (Å²) in [5.41, 5.74) is 2.12. The van der Waals surface area contributed by atoms with Gasteiger partial charge in [-0.3, -0.25) is 0 Å². The Labute approximate surface area is 147 Å². The van der Waals surface area contributed by atoms with Crippen molar-refractivity contribution < 1.29 is 9.47 Å². The Morgan fingerprint density at radius 1 is 1.25 bits per heavy atom. The third kappa shape index (κ3) is 4.32. The van der Waals surface area contributed by atoms with E-state index in [0.717, 1.165) is 11.1 Å². The third-order valence-electron chi connectivity index (χ3n) is 3.15. The predicted octanol–water partition coefficient (Wildman–Crippen LogP) is 4.81. The molecule has 120 valence electrons. The highest BCUT2D eigenvalue weighted by molar-refractivity contribution is 6.32. The van der Waals surface area contributed by atoms with Crippen molar-refractivity contribution in [2.45, 2.75) is 6.92 Å². The van der Waals surface area contributed by atoms with E-state index in [9.17, 15) is 5.26 Å². The molecule has 0 spiro atoms. The lowest BCUT2D eigenvalue weighted by Gasteiger charge is -2.13. The largest absolute Gasteiger partial charge is 0.490 e. The Balaban J connectivity index is 2.46. The number of hydrogen-bond donors (Lipinski definition) is 0. The summed E-state index contributed by atoms with van der Waals surface area (Å²) in [5.74, 6) is 3.30. The summed E-state index contributed by atoms with van der Waals surface area (Å²) < 4.78 is 11.0. The monoisotopic (exact) mass is 337 g/mol. The summed E-state index contributed by atoms with van der Waals surface area (Å²) in [6, 6.07) is 15.1. The molecule has 0 bridgehead atoms. The number of ether oxygens (including phenoxy) is 2. The van der Waals surface area contributed by atoms with E-state index in [-0.39, 0.29) is 6.61 Å². The number of nitriles is 1. The Hall–Kier alpha value is -2.88. The molecule has 0 heterocycles. The lowest BCUT2D eigenvalue weighted by molar-refractivity contribution is 0.299. The number of terminal acetylenes is 1. The van der Waals surface area contributed by atoms with Gasteiger partial charge in [-0.2, -0.15) is 5.26 Å². The fourth-order valence-corrected chi connectivity index (χ4v) is 2.43. The molecule has 2 rings (SSSR count). The molecule has 0 radical (unpaired) electrons. The van der Waals surface area contributed by atoms with Crippen molar-refractivity contribution in [2.24, 2.45) is 0 Å². The topological polar surface area (TPSA) is 42.2 Å². The van der Waals surface area contributed by atoms with Crippen LogP contribution < -0.4 is 9.47 Å². The van der Waals surface area contributed by atoms with Crippen LogP contribution in [0.3, 0.4) is 0 Å². The molecule has 24 heavy (non-hydrogen) atoms. The second kappa shape index (κ2) is 8.67. The van der Waals surface area contributed by atoms with Crippen molar-refractivity contribution in [3.63, 3.8) is 0 Å². The van der Waals surface area contributed by atoms with Crippen LogP contribution >= 0.6 is 11.6 Å². The van der Waals surface area contributed by atoms with Gasteiger partial charge >= 0.3 is 0 Å². The van der Waals surface area contributed by atoms with Gasteiger partial charge in [0.15, 0.2) is 11.5 Å². The fourth-order valence-electron chi connectivity index (χ4n) is 2.15. The van der Waals surface area contributed by atoms with Crippen molar-refractivity contribution in [2.75, 3.05) is 13.2 Å². The van der Waals surface area contributed by atoms with Gasteiger partial charge in [-0.05, 0) is 36.3 Å². The molecule has 0 saturated heterocycles. The molecule has 0 aliphatic heterocycles. The van der Waals surface area contributed by atoms with E-state index < -0.39 is 0 Å². The highest BCUT2D eigenvalue weighted by atomic mass is 35.5. The fraction of sp³-hybridized carbons (Fsp3) is 0.150. The Bertz CT molecular complexity index is 814. The molecule has 0 aliphatic rings. The van der Waals surface area contributed by atoms with Crippen LogP contribution in [-0.2, 0) is 0 Å². The Morgan fingerprint density at radius 3 is 2.62 bits per heavy atom. The van der Waals surface area contributed by atoms with E-state index in [2.05, 4.69) is 12.0 Å². The normalized spacial score (nSPS) is 10.6. The summed E-state index contributed by atoms with van der Waals surface area (Å²) in [6.07, 6.45) is 6.98. The molecule has 0 saturated carbocycles. The van der Waals surface area contributed by atoms with Crippen LogP contribution in [0.1, 0.15) is 18.1 Å². The average molecular weight is 338 g/mol. The van der Waals surface area contributed by atoms with Gasteiger partial charge in [0.05, 0.1) is 23.3 Å². The van der Waals surface area contributed by atoms with Crippen molar-refractivity contribution in [3.05, 3.63) is 58.6 Å². The second-order valence-electron chi connectivity index (χ2n) is 4.79. The van der Waals surface area contributed by atoms with Crippen LogP contribution in [0, 0.1) is 23.7 Å². The lowest BCUT2D eigenvalue weighted by Crippen LogP contribution is -2.00. The number of hydrogen-bond acceptors (Lipinski definition) is 3. The smallest absolute Gasteiger partial charge is 0.181 e. The van der Waals surface area contributed by atoms with Gasteiger partial charge in [-0.15, -0.1) is 6.42 Å². The molecule has 0 aliphatic carbocycles. The highest BCUT2D eigenvalue weighted by Crippen LogP contribution is 2.37. The highest BCUT2D eigenvalue weighted by Gasteiger charge is 2.12. The van der Waals surface area contributed by atoms with Crippen molar-refractivity contribution in [3.8, 4) is 29.9 Å². The van der Waals surface area contributed by atoms with Crippen LogP contribution in [0.25, 0.3) is 11.6 Å². The molecular weight excluding hydrogens is 322 g/mol. The zero-order valence-electron chi connectivity index (χ0n) is 13.3. The van der Waals surface area contributed by atoms with Crippen LogP contribution in [0.4, 0.5) is 0 Å². The first-order valence-corrected chi connectivity index (χ1v) is 7.77. The van der Waals surface area contributed by atoms with E-state index in [4.69, 9.17) is 27.5 Å². The van der Waals surface area contributed by atoms with Crippen LogP contribution in [0.15, 0.2) is 42.5 Å². The molecule has 2 aromatic rings. The SMILES string of the molecule is C#CCOc1c(Cl)cc(/C=C(\C#N)c2ccccc2)cc1OCC. The summed E-state index contributed by atoms with van der Waals surface area (Å²) in [4.78, 5) is 0.